The van der Waals surface area contributed by atoms with Gasteiger partial charge in [-0.2, -0.15) is 0 Å². The van der Waals surface area contributed by atoms with E-state index in [1.807, 2.05) is 0 Å². The Kier molecular flexibility index (Phi) is 5.27. The van der Waals surface area contributed by atoms with Gasteiger partial charge in [0.25, 0.3) is 0 Å². The Bertz CT molecular complexity index is 504. The molecule has 2 rings (SSSR count). The van der Waals surface area contributed by atoms with E-state index in [4.69, 9.17) is 5.73 Å². The Labute approximate surface area is 123 Å². The second kappa shape index (κ2) is 7.17. The van der Waals surface area contributed by atoms with Crippen LogP contribution in [-0.4, -0.2) is 24.4 Å². The first-order valence-corrected chi connectivity index (χ1v) is 7.12. The van der Waals surface area contributed by atoms with E-state index in [0.717, 1.165) is 19.3 Å². The number of halogens is 1. The molecule has 0 heterocycles. The van der Waals surface area contributed by atoms with Crippen molar-refractivity contribution >= 4 is 17.5 Å². The Morgan fingerprint density at radius 2 is 1.90 bits per heavy atom. The van der Waals surface area contributed by atoms with Gasteiger partial charge in [-0.15, -0.1) is 0 Å². The minimum atomic E-state index is -0.366. The number of hydrogen-bond acceptors (Lipinski definition) is 3. The van der Waals surface area contributed by atoms with E-state index in [0.29, 0.717) is 12.1 Å². The van der Waals surface area contributed by atoms with Gasteiger partial charge in [-0.1, -0.05) is 6.42 Å². The van der Waals surface area contributed by atoms with E-state index in [9.17, 15) is 14.0 Å². The summed E-state index contributed by atoms with van der Waals surface area (Å²) in [5.41, 5.74) is 6.40. The second-order valence-electron chi connectivity index (χ2n) is 5.39. The van der Waals surface area contributed by atoms with Crippen LogP contribution in [0.3, 0.4) is 0 Å². The van der Waals surface area contributed by atoms with Crippen molar-refractivity contribution in [2.24, 2.45) is 11.7 Å². The molecular weight excluding hydrogens is 273 g/mol. The Morgan fingerprint density at radius 3 is 2.52 bits per heavy atom. The maximum absolute atomic E-state index is 12.7. The van der Waals surface area contributed by atoms with Crippen molar-refractivity contribution in [1.82, 2.24) is 5.32 Å². The normalized spacial score (nSPS) is 21.0. The molecule has 1 fully saturated rings. The van der Waals surface area contributed by atoms with Crippen molar-refractivity contribution in [1.29, 1.82) is 0 Å². The highest BCUT2D eigenvalue weighted by atomic mass is 19.1. The average molecular weight is 293 g/mol. The van der Waals surface area contributed by atoms with E-state index in [-0.39, 0.29) is 36.1 Å². The quantitative estimate of drug-likeness (QED) is 0.767. The van der Waals surface area contributed by atoms with Crippen molar-refractivity contribution in [3.63, 3.8) is 0 Å². The molecule has 2 atom stereocenters. The molecule has 1 aromatic rings. The standard InChI is InChI=1S/C15H20FN3O2/c16-11-4-6-12(7-5-11)19-15(21)9-18-14(20)8-10-2-1-3-13(10)17/h4-7,10,13H,1-3,8-9,17H2,(H,18,20)(H,19,21)/t10-,13+/m0/s1. The van der Waals surface area contributed by atoms with Gasteiger partial charge in [-0.05, 0) is 43.0 Å². The zero-order valence-corrected chi connectivity index (χ0v) is 11.8. The summed E-state index contributed by atoms with van der Waals surface area (Å²) in [6.45, 7) is -0.0990. The minimum Gasteiger partial charge on any atom is -0.347 e. The van der Waals surface area contributed by atoms with Gasteiger partial charge in [-0.25, -0.2) is 4.39 Å². The lowest BCUT2D eigenvalue weighted by atomic mass is 10.00. The smallest absolute Gasteiger partial charge is 0.243 e. The highest BCUT2D eigenvalue weighted by Crippen LogP contribution is 2.26. The van der Waals surface area contributed by atoms with Crippen LogP contribution in [0.1, 0.15) is 25.7 Å². The highest BCUT2D eigenvalue weighted by Gasteiger charge is 2.25. The minimum absolute atomic E-state index is 0.0868. The van der Waals surface area contributed by atoms with Crippen LogP contribution < -0.4 is 16.4 Å². The Morgan fingerprint density at radius 1 is 1.19 bits per heavy atom. The van der Waals surface area contributed by atoms with E-state index >= 15 is 0 Å². The van der Waals surface area contributed by atoms with Crippen LogP contribution in [0.15, 0.2) is 24.3 Å². The van der Waals surface area contributed by atoms with Crippen molar-refractivity contribution in [2.45, 2.75) is 31.7 Å². The molecule has 1 saturated carbocycles. The summed E-state index contributed by atoms with van der Waals surface area (Å²) in [6.07, 6.45) is 3.36. The van der Waals surface area contributed by atoms with Crippen LogP contribution in [-0.2, 0) is 9.59 Å². The fourth-order valence-electron chi connectivity index (χ4n) is 2.55. The summed E-state index contributed by atoms with van der Waals surface area (Å²) >= 11 is 0. The topological polar surface area (TPSA) is 84.2 Å². The maximum atomic E-state index is 12.7. The predicted molar refractivity (Wildman–Crippen MR) is 78.0 cm³/mol. The number of amides is 2. The molecule has 1 aromatic carbocycles. The van der Waals surface area contributed by atoms with Gasteiger partial charge in [0.05, 0.1) is 6.54 Å². The third-order valence-corrected chi connectivity index (χ3v) is 3.74. The van der Waals surface area contributed by atoms with Crippen molar-refractivity contribution in [2.75, 3.05) is 11.9 Å². The molecule has 5 nitrogen and oxygen atoms in total. The van der Waals surface area contributed by atoms with Gasteiger partial charge in [0.1, 0.15) is 5.82 Å². The number of benzene rings is 1. The van der Waals surface area contributed by atoms with Crippen molar-refractivity contribution in [3.8, 4) is 0 Å². The zero-order valence-electron chi connectivity index (χ0n) is 11.8. The molecule has 0 radical (unpaired) electrons. The largest absolute Gasteiger partial charge is 0.347 e. The van der Waals surface area contributed by atoms with Gasteiger partial charge < -0.3 is 16.4 Å². The molecule has 0 bridgehead atoms. The molecule has 6 heteroatoms. The lowest BCUT2D eigenvalue weighted by Gasteiger charge is -2.14. The fourth-order valence-corrected chi connectivity index (χ4v) is 2.55. The SMILES string of the molecule is N[C@@H]1CCC[C@H]1CC(=O)NCC(=O)Nc1ccc(F)cc1. The number of nitrogens with two attached hydrogens (primary N) is 1. The van der Waals surface area contributed by atoms with E-state index in [2.05, 4.69) is 10.6 Å². The lowest BCUT2D eigenvalue weighted by Crippen LogP contribution is -2.36. The first-order chi connectivity index (χ1) is 10.0. The zero-order chi connectivity index (χ0) is 15.2. The van der Waals surface area contributed by atoms with E-state index in [1.165, 1.54) is 24.3 Å². The molecule has 0 saturated heterocycles. The molecule has 0 unspecified atom stereocenters. The van der Waals surface area contributed by atoms with Crippen LogP contribution in [0, 0.1) is 11.7 Å². The van der Waals surface area contributed by atoms with Crippen LogP contribution >= 0.6 is 0 Å². The highest BCUT2D eigenvalue weighted by molar-refractivity contribution is 5.94. The molecule has 2 amide bonds. The van der Waals surface area contributed by atoms with Crippen molar-refractivity contribution < 1.29 is 14.0 Å². The summed E-state index contributed by atoms with van der Waals surface area (Å²) in [5.74, 6) is -0.656. The van der Waals surface area contributed by atoms with Gasteiger partial charge >= 0.3 is 0 Å². The number of carbonyl (C=O) groups excluding carboxylic acids is 2. The van der Waals surface area contributed by atoms with Gasteiger partial charge in [-0.3, -0.25) is 9.59 Å². The molecule has 1 aliphatic rings. The second-order valence-corrected chi connectivity index (χ2v) is 5.39. The van der Waals surface area contributed by atoms with Crippen LogP contribution in [0.25, 0.3) is 0 Å². The third-order valence-electron chi connectivity index (χ3n) is 3.74. The maximum Gasteiger partial charge on any atom is 0.243 e. The Balaban J connectivity index is 1.70. The first kappa shape index (κ1) is 15.4. The third kappa shape index (κ3) is 4.82. The fraction of sp³-hybridized carbons (Fsp3) is 0.467. The average Bonchev–Trinajstić information content (AvgIpc) is 2.85. The molecular formula is C15H20FN3O2. The number of anilines is 1. The Hall–Kier alpha value is -1.95. The summed E-state index contributed by atoms with van der Waals surface area (Å²) in [5, 5.41) is 5.16. The molecule has 0 aliphatic heterocycles. The predicted octanol–water partition coefficient (Wildman–Crippen LogP) is 1.40. The molecule has 4 N–H and O–H groups in total. The summed E-state index contributed by atoms with van der Waals surface area (Å²) in [4.78, 5) is 23.4. The summed E-state index contributed by atoms with van der Waals surface area (Å²) in [7, 11) is 0. The number of rotatable bonds is 5. The van der Waals surface area contributed by atoms with Gasteiger partial charge in [0, 0.05) is 18.2 Å². The van der Waals surface area contributed by atoms with E-state index in [1.54, 1.807) is 0 Å². The first-order valence-electron chi connectivity index (χ1n) is 7.12. The number of carbonyl (C=O) groups is 2. The molecule has 1 aliphatic carbocycles. The van der Waals surface area contributed by atoms with Gasteiger partial charge in [0.15, 0.2) is 0 Å². The van der Waals surface area contributed by atoms with E-state index < -0.39 is 0 Å². The molecule has 0 spiro atoms. The summed E-state index contributed by atoms with van der Waals surface area (Å²) in [6, 6.07) is 5.54. The molecule has 0 aromatic heterocycles. The monoisotopic (exact) mass is 293 g/mol. The van der Waals surface area contributed by atoms with Crippen LogP contribution in [0.2, 0.25) is 0 Å². The molecule has 21 heavy (non-hydrogen) atoms. The van der Waals surface area contributed by atoms with Crippen molar-refractivity contribution in [3.05, 3.63) is 30.1 Å². The lowest BCUT2D eigenvalue weighted by molar-refractivity contribution is -0.124. The van der Waals surface area contributed by atoms with Crippen LogP contribution in [0.4, 0.5) is 10.1 Å². The number of nitrogens with one attached hydrogen (secondary N) is 2. The van der Waals surface area contributed by atoms with Gasteiger partial charge in [0.2, 0.25) is 11.8 Å². The van der Waals surface area contributed by atoms with Crippen LogP contribution in [0.5, 0.6) is 0 Å². The summed E-state index contributed by atoms with van der Waals surface area (Å²) < 4.78 is 12.7. The molecule has 114 valence electrons. The number of hydrogen-bond donors (Lipinski definition) is 3.